The van der Waals surface area contributed by atoms with Crippen molar-refractivity contribution >= 4 is 0 Å². The highest BCUT2D eigenvalue weighted by Crippen LogP contribution is 2.60. The molecule has 4 nitrogen and oxygen atoms in total. The predicted molar refractivity (Wildman–Crippen MR) is 49.6 cm³/mol. The molecular formula is C10H14N2O2. The first kappa shape index (κ1) is 8.44. The SMILES string of the molecule is C[C@@H]1[C@H]2Cc3c(n[nH]c3COCO)[C@@H]12. The van der Waals surface area contributed by atoms with Crippen molar-refractivity contribution in [1.82, 2.24) is 10.2 Å². The molecule has 2 aliphatic carbocycles. The quantitative estimate of drug-likeness (QED) is 0.699. The molecule has 2 N–H and O–H groups in total. The maximum atomic E-state index is 8.56. The van der Waals surface area contributed by atoms with Crippen LogP contribution in [0.5, 0.6) is 0 Å². The van der Waals surface area contributed by atoms with E-state index in [0.29, 0.717) is 12.5 Å². The molecule has 1 fully saturated rings. The molecule has 0 radical (unpaired) electrons. The zero-order valence-electron chi connectivity index (χ0n) is 8.16. The first-order valence-electron chi connectivity index (χ1n) is 5.07. The van der Waals surface area contributed by atoms with Crippen LogP contribution in [-0.4, -0.2) is 22.1 Å². The number of rotatable bonds is 3. The van der Waals surface area contributed by atoms with E-state index < -0.39 is 0 Å². The Labute approximate surface area is 82.3 Å². The number of nitrogens with one attached hydrogen (secondary N) is 1. The van der Waals surface area contributed by atoms with Crippen LogP contribution in [-0.2, 0) is 17.8 Å². The summed E-state index contributed by atoms with van der Waals surface area (Å²) in [6.45, 7) is 2.51. The summed E-state index contributed by atoms with van der Waals surface area (Å²) in [5.74, 6) is 2.34. The van der Waals surface area contributed by atoms with Crippen LogP contribution in [0, 0.1) is 11.8 Å². The van der Waals surface area contributed by atoms with Gasteiger partial charge in [0.15, 0.2) is 0 Å². The van der Waals surface area contributed by atoms with Crippen LogP contribution in [0.15, 0.2) is 0 Å². The lowest BCUT2D eigenvalue weighted by Crippen LogP contribution is -1.98. The largest absolute Gasteiger partial charge is 0.371 e. The van der Waals surface area contributed by atoms with E-state index in [-0.39, 0.29) is 6.79 Å². The van der Waals surface area contributed by atoms with Gasteiger partial charge in [0.1, 0.15) is 6.79 Å². The number of hydrogen-bond donors (Lipinski definition) is 2. The molecule has 76 valence electrons. The summed E-state index contributed by atoms with van der Waals surface area (Å²) in [6.07, 6.45) is 1.14. The van der Waals surface area contributed by atoms with Gasteiger partial charge >= 0.3 is 0 Å². The van der Waals surface area contributed by atoms with Crippen molar-refractivity contribution in [3.05, 3.63) is 17.0 Å². The fraction of sp³-hybridized carbons (Fsp3) is 0.700. The van der Waals surface area contributed by atoms with E-state index in [9.17, 15) is 0 Å². The highest BCUT2D eigenvalue weighted by molar-refractivity contribution is 5.40. The minimum absolute atomic E-state index is 0.225. The van der Waals surface area contributed by atoms with Gasteiger partial charge in [-0.3, -0.25) is 5.10 Å². The average molecular weight is 194 g/mol. The predicted octanol–water partition coefficient (Wildman–Crippen LogP) is 0.782. The maximum Gasteiger partial charge on any atom is 0.144 e. The van der Waals surface area contributed by atoms with Crippen molar-refractivity contribution < 1.29 is 9.84 Å². The fourth-order valence-corrected chi connectivity index (χ4v) is 2.73. The van der Waals surface area contributed by atoms with E-state index in [2.05, 4.69) is 17.1 Å². The summed E-state index contributed by atoms with van der Waals surface area (Å²) in [4.78, 5) is 0. The number of fused-ring (bicyclic) bond motifs is 3. The minimum Gasteiger partial charge on any atom is -0.371 e. The van der Waals surface area contributed by atoms with Gasteiger partial charge in [0.25, 0.3) is 0 Å². The number of H-pyrrole nitrogens is 1. The van der Waals surface area contributed by atoms with Gasteiger partial charge in [-0.2, -0.15) is 5.10 Å². The van der Waals surface area contributed by atoms with Gasteiger partial charge in [-0.05, 0) is 23.8 Å². The first-order valence-corrected chi connectivity index (χ1v) is 5.07. The molecule has 1 saturated carbocycles. The Bertz CT molecular complexity index is 361. The number of hydrogen-bond acceptors (Lipinski definition) is 3. The molecule has 3 atom stereocenters. The van der Waals surface area contributed by atoms with Crippen molar-refractivity contribution in [3.8, 4) is 0 Å². The summed E-state index contributed by atoms with van der Waals surface area (Å²) in [5, 5.41) is 15.9. The normalized spacial score (nSPS) is 32.9. The second-order valence-corrected chi connectivity index (χ2v) is 4.30. The Morgan fingerprint density at radius 3 is 3.29 bits per heavy atom. The third-order valence-electron chi connectivity index (χ3n) is 3.64. The van der Waals surface area contributed by atoms with Crippen molar-refractivity contribution in [2.45, 2.75) is 25.9 Å². The number of ether oxygens (including phenoxy) is 1. The van der Waals surface area contributed by atoms with Crippen LogP contribution >= 0.6 is 0 Å². The molecule has 3 rings (SSSR count). The molecule has 4 heteroatoms. The van der Waals surface area contributed by atoms with Crippen LogP contribution in [0.2, 0.25) is 0 Å². The lowest BCUT2D eigenvalue weighted by Gasteiger charge is -2.01. The first-order chi connectivity index (χ1) is 6.83. The van der Waals surface area contributed by atoms with E-state index >= 15 is 0 Å². The number of nitrogens with zero attached hydrogens (tertiary/aromatic N) is 1. The zero-order valence-corrected chi connectivity index (χ0v) is 8.16. The van der Waals surface area contributed by atoms with Crippen LogP contribution in [0.3, 0.4) is 0 Å². The highest BCUT2D eigenvalue weighted by Gasteiger charge is 2.55. The molecule has 0 saturated heterocycles. The zero-order chi connectivity index (χ0) is 9.71. The Hall–Kier alpha value is -0.870. The fourth-order valence-electron chi connectivity index (χ4n) is 2.73. The molecule has 1 aromatic heterocycles. The van der Waals surface area contributed by atoms with Gasteiger partial charge in [0.05, 0.1) is 18.0 Å². The topological polar surface area (TPSA) is 58.1 Å². The van der Waals surface area contributed by atoms with Gasteiger partial charge < -0.3 is 9.84 Å². The Morgan fingerprint density at radius 2 is 2.50 bits per heavy atom. The molecule has 0 aromatic carbocycles. The summed E-state index contributed by atoms with van der Waals surface area (Å²) in [5.41, 5.74) is 3.64. The van der Waals surface area contributed by atoms with Crippen molar-refractivity contribution in [1.29, 1.82) is 0 Å². The highest BCUT2D eigenvalue weighted by atomic mass is 16.6. The van der Waals surface area contributed by atoms with Crippen molar-refractivity contribution in [3.63, 3.8) is 0 Å². The molecule has 0 spiro atoms. The van der Waals surface area contributed by atoms with Gasteiger partial charge in [-0.1, -0.05) is 6.92 Å². The summed E-state index contributed by atoms with van der Waals surface area (Å²) in [6, 6.07) is 0. The van der Waals surface area contributed by atoms with Crippen LogP contribution in [0.4, 0.5) is 0 Å². The average Bonchev–Trinajstić information content (AvgIpc) is 2.60. The molecule has 0 unspecified atom stereocenters. The monoisotopic (exact) mass is 194 g/mol. The lowest BCUT2D eigenvalue weighted by atomic mass is 10.1. The van der Waals surface area contributed by atoms with Gasteiger partial charge in [-0.25, -0.2) is 0 Å². The number of aromatic nitrogens is 2. The van der Waals surface area contributed by atoms with Crippen molar-refractivity contribution in [2.75, 3.05) is 6.79 Å². The Morgan fingerprint density at radius 1 is 1.64 bits per heavy atom. The third-order valence-corrected chi connectivity index (χ3v) is 3.64. The second-order valence-electron chi connectivity index (χ2n) is 4.30. The van der Waals surface area contributed by atoms with E-state index in [0.717, 1.165) is 24.0 Å². The molecule has 1 aromatic rings. The van der Waals surface area contributed by atoms with Crippen LogP contribution < -0.4 is 0 Å². The van der Waals surface area contributed by atoms with E-state index in [1.165, 1.54) is 11.3 Å². The molecule has 1 heterocycles. The lowest BCUT2D eigenvalue weighted by molar-refractivity contribution is -0.0127. The van der Waals surface area contributed by atoms with Crippen molar-refractivity contribution in [2.24, 2.45) is 11.8 Å². The molecule has 0 aliphatic heterocycles. The molecular weight excluding hydrogens is 180 g/mol. The second kappa shape index (κ2) is 2.81. The third kappa shape index (κ3) is 0.980. The number of aliphatic hydroxyl groups excluding tert-OH is 1. The molecule has 2 aliphatic rings. The van der Waals surface area contributed by atoms with Crippen LogP contribution in [0.25, 0.3) is 0 Å². The Balaban J connectivity index is 1.82. The van der Waals surface area contributed by atoms with Gasteiger partial charge in [0, 0.05) is 5.92 Å². The molecule has 0 amide bonds. The molecule has 0 bridgehead atoms. The molecule has 14 heavy (non-hydrogen) atoms. The van der Waals surface area contributed by atoms with Gasteiger partial charge in [0.2, 0.25) is 0 Å². The number of aromatic amines is 1. The number of aliphatic hydroxyl groups is 1. The summed E-state index contributed by atoms with van der Waals surface area (Å²) in [7, 11) is 0. The summed E-state index contributed by atoms with van der Waals surface area (Å²) < 4.78 is 4.96. The van der Waals surface area contributed by atoms with Crippen LogP contribution in [0.1, 0.15) is 29.8 Å². The standard InChI is InChI=1S/C10H14N2O2/c1-5-6-2-7-8(3-14-4-13)11-12-10(7)9(5)6/h5-6,9,13H,2-4H2,1H3,(H,11,12)/t5-,6-,9+/m1/s1. The summed E-state index contributed by atoms with van der Waals surface area (Å²) >= 11 is 0. The Kier molecular flexibility index (Phi) is 1.69. The maximum absolute atomic E-state index is 8.56. The van der Waals surface area contributed by atoms with E-state index in [1.807, 2.05) is 0 Å². The van der Waals surface area contributed by atoms with E-state index in [1.54, 1.807) is 0 Å². The minimum atomic E-state index is -0.225. The van der Waals surface area contributed by atoms with Gasteiger partial charge in [-0.15, -0.1) is 0 Å². The van der Waals surface area contributed by atoms with E-state index in [4.69, 9.17) is 9.84 Å². The smallest absolute Gasteiger partial charge is 0.144 e.